The number of carbonyl (C=O) groups excluding carboxylic acids is 1. The molecule has 2 aromatic carbocycles. The largest absolute Gasteiger partial charge is 0.494 e. The molecule has 0 unspecified atom stereocenters. The zero-order valence-electron chi connectivity index (χ0n) is 13.6. The Morgan fingerprint density at radius 2 is 2.08 bits per heavy atom. The van der Waals surface area contributed by atoms with Gasteiger partial charge in [0.1, 0.15) is 18.1 Å². The topological polar surface area (TPSA) is 76.8 Å². The number of hydrogen-bond donors (Lipinski definition) is 2. The Balaban J connectivity index is 1.63. The molecule has 2 aromatic rings. The zero-order chi connectivity index (χ0) is 16.9. The second kappa shape index (κ2) is 7.12. The van der Waals surface area contributed by atoms with Gasteiger partial charge in [0.05, 0.1) is 25.4 Å². The van der Waals surface area contributed by atoms with Gasteiger partial charge in [0, 0.05) is 17.4 Å². The highest BCUT2D eigenvalue weighted by molar-refractivity contribution is 5.94. The molecule has 0 fully saturated rings. The first-order chi connectivity index (χ1) is 11.7. The van der Waals surface area contributed by atoms with Gasteiger partial charge in [-0.05, 0) is 43.3 Å². The van der Waals surface area contributed by atoms with Crippen LogP contribution in [-0.2, 0) is 4.79 Å². The van der Waals surface area contributed by atoms with Gasteiger partial charge in [0.15, 0.2) is 0 Å². The molecule has 1 aliphatic heterocycles. The Labute approximate surface area is 141 Å². The number of amides is 1. The van der Waals surface area contributed by atoms with Crippen LogP contribution in [0.25, 0.3) is 0 Å². The highest BCUT2D eigenvalue weighted by Crippen LogP contribution is 2.33. The normalized spacial score (nSPS) is 13.0. The number of hydrogen-bond acceptors (Lipinski definition) is 5. The van der Waals surface area contributed by atoms with E-state index in [1.165, 1.54) is 0 Å². The van der Waals surface area contributed by atoms with Crippen LogP contribution in [0.5, 0.6) is 11.5 Å². The monoisotopic (exact) mass is 327 g/mol. The number of carbonyl (C=O) groups is 1. The summed E-state index contributed by atoms with van der Waals surface area (Å²) in [5.41, 5.74) is 8.06. The molecule has 0 aromatic heterocycles. The van der Waals surface area contributed by atoms with Crippen LogP contribution < -0.4 is 25.4 Å². The van der Waals surface area contributed by atoms with E-state index in [-0.39, 0.29) is 12.5 Å². The minimum absolute atomic E-state index is 0.0798. The molecule has 0 spiro atoms. The smallest absolute Gasteiger partial charge is 0.243 e. The second-order valence-corrected chi connectivity index (χ2v) is 5.50. The number of rotatable bonds is 5. The number of nitrogens with two attached hydrogens (primary N) is 1. The summed E-state index contributed by atoms with van der Waals surface area (Å²) in [7, 11) is 0. The fourth-order valence-electron chi connectivity index (χ4n) is 2.63. The summed E-state index contributed by atoms with van der Waals surface area (Å²) in [5.74, 6) is 1.43. The molecule has 0 saturated heterocycles. The van der Waals surface area contributed by atoms with E-state index in [0.29, 0.717) is 25.4 Å². The Bertz CT molecular complexity index is 716. The Morgan fingerprint density at radius 1 is 1.29 bits per heavy atom. The van der Waals surface area contributed by atoms with Crippen LogP contribution in [0.1, 0.15) is 6.92 Å². The number of nitrogens with zero attached hydrogens (tertiary/aromatic N) is 1. The van der Waals surface area contributed by atoms with Crippen molar-refractivity contribution in [3.05, 3.63) is 42.5 Å². The van der Waals surface area contributed by atoms with Gasteiger partial charge in [-0.2, -0.15) is 0 Å². The van der Waals surface area contributed by atoms with Crippen LogP contribution >= 0.6 is 0 Å². The van der Waals surface area contributed by atoms with Crippen molar-refractivity contribution in [2.75, 3.05) is 42.3 Å². The molecule has 1 heterocycles. The van der Waals surface area contributed by atoms with E-state index < -0.39 is 0 Å². The predicted octanol–water partition coefficient (Wildman–Crippen LogP) is 2.51. The number of nitrogens with one attached hydrogen (secondary N) is 1. The molecule has 1 aliphatic rings. The van der Waals surface area contributed by atoms with Gasteiger partial charge < -0.3 is 25.4 Å². The standard InChI is InChI=1S/C18H21N3O3/c1-2-23-15-6-4-14(5-7-15)20-18(22)12-21-9-10-24-17-11-13(19)3-8-16(17)21/h3-8,11H,2,9-10,12,19H2,1H3,(H,20,22). The molecule has 0 radical (unpaired) electrons. The quantitative estimate of drug-likeness (QED) is 0.825. The molecule has 3 rings (SSSR count). The average Bonchev–Trinajstić information content (AvgIpc) is 2.57. The van der Waals surface area contributed by atoms with Crippen LogP contribution in [0.15, 0.2) is 42.5 Å². The van der Waals surface area contributed by atoms with Crippen LogP contribution in [0, 0.1) is 0 Å². The van der Waals surface area contributed by atoms with Gasteiger partial charge >= 0.3 is 0 Å². The van der Waals surface area contributed by atoms with Crippen molar-refractivity contribution in [3.8, 4) is 11.5 Å². The molecule has 1 amide bonds. The maximum absolute atomic E-state index is 12.3. The summed E-state index contributed by atoms with van der Waals surface area (Å²) in [6.07, 6.45) is 0. The SMILES string of the molecule is CCOc1ccc(NC(=O)CN2CCOc3cc(N)ccc32)cc1. The van der Waals surface area contributed by atoms with Crippen LogP contribution in [0.2, 0.25) is 0 Å². The number of fused-ring (bicyclic) bond motifs is 1. The van der Waals surface area contributed by atoms with E-state index in [2.05, 4.69) is 5.32 Å². The highest BCUT2D eigenvalue weighted by atomic mass is 16.5. The third-order valence-electron chi connectivity index (χ3n) is 3.73. The van der Waals surface area contributed by atoms with E-state index in [1.54, 1.807) is 6.07 Å². The summed E-state index contributed by atoms with van der Waals surface area (Å²) in [5, 5.41) is 2.90. The molecule has 6 nitrogen and oxygen atoms in total. The lowest BCUT2D eigenvalue weighted by Gasteiger charge is -2.30. The van der Waals surface area contributed by atoms with Crippen LogP contribution in [0.4, 0.5) is 17.1 Å². The Hall–Kier alpha value is -2.89. The maximum Gasteiger partial charge on any atom is 0.243 e. The van der Waals surface area contributed by atoms with E-state index in [0.717, 1.165) is 22.9 Å². The molecule has 0 aliphatic carbocycles. The number of anilines is 3. The van der Waals surface area contributed by atoms with Crippen molar-refractivity contribution in [2.24, 2.45) is 0 Å². The third-order valence-corrected chi connectivity index (χ3v) is 3.73. The molecule has 3 N–H and O–H groups in total. The minimum atomic E-state index is -0.0798. The molecular formula is C18H21N3O3. The van der Waals surface area contributed by atoms with Gasteiger partial charge in [0.25, 0.3) is 0 Å². The number of nitrogen functional groups attached to an aromatic ring is 1. The summed E-state index contributed by atoms with van der Waals surface area (Å²) in [4.78, 5) is 14.3. The Kier molecular flexibility index (Phi) is 4.74. The summed E-state index contributed by atoms with van der Waals surface area (Å²) in [6, 6.07) is 12.8. The molecule has 0 saturated carbocycles. The average molecular weight is 327 g/mol. The first kappa shape index (κ1) is 16.0. The van der Waals surface area contributed by atoms with E-state index >= 15 is 0 Å². The molecule has 0 bridgehead atoms. The lowest BCUT2D eigenvalue weighted by molar-refractivity contribution is -0.115. The highest BCUT2D eigenvalue weighted by Gasteiger charge is 2.20. The zero-order valence-corrected chi connectivity index (χ0v) is 13.6. The first-order valence-electron chi connectivity index (χ1n) is 7.95. The molecule has 126 valence electrons. The van der Waals surface area contributed by atoms with E-state index in [4.69, 9.17) is 15.2 Å². The van der Waals surface area contributed by atoms with E-state index in [1.807, 2.05) is 48.2 Å². The Morgan fingerprint density at radius 3 is 2.83 bits per heavy atom. The fraction of sp³-hybridized carbons (Fsp3) is 0.278. The van der Waals surface area contributed by atoms with Crippen molar-refractivity contribution in [1.82, 2.24) is 0 Å². The molecule has 6 heteroatoms. The summed E-state index contributed by atoms with van der Waals surface area (Å²) in [6.45, 7) is 4.00. The minimum Gasteiger partial charge on any atom is -0.494 e. The first-order valence-corrected chi connectivity index (χ1v) is 7.95. The summed E-state index contributed by atoms with van der Waals surface area (Å²) >= 11 is 0. The van der Waals surface area contributed by atoms with Crippen molar-refractivity contribution in [3.63, 3.8) is 0 Å². The molecular weight excluding hydrogens is 306 g/mol. The van der Waals surface area contributed by atoms with Crippen LogP contribution in [0.3, 0.4) is 0 Å². The number of benzene rings is 2. The van der Waals surface area contributed by atoms with Crippen molar-refractivity contribution < 1.29 is 14.3 Å². The second-order valence-electron chi connectivity index (χ2n) is 5.50. The van der Waals surface area contributed by atoms with Crippen molar-refractivity contribution >= 4 is 23.0 Å². The molecule has 24 heavy (non-hydrogen) atoms. The lowest BCUT2D eigenvalue weighted by Crippen LogP contribution is -2.38. The van der Waals surface area contributed by atoms with Gasteiger partial charge in [-0.15, -0.1) is 0 Å². The third kappa shape index (κ3) is 3.71. The van der Waals surface area contributed by atoms with Gasteiger partial charge in [-0.3, -0.25) is 4.79 Å². The van der Waals surface area contributed by atoms with Crippen molar-refractivity contribution in [2.45, 2.75) is 6.92 Å². The number of ether oxygens (including phenoxy) is 2. The van der Waals surface area contributed by atoms with Crippen LogP contribution in [-0.4, -0.2) is 32.2 Å². The predicted molar refractivity (Wildman–Crippen MR) is 94.8 cm³/mol. The van der Waals surface area contributed by atoms with Gasteiger partial charge in [0.2, 0.25) is 5.91 Å². The van der Waals surface area contributed by atoms with Crippen molar-refractivity contribution in [1.29, 1.82) is 0 Å². The maximum atomic E-state index is 12.3. The van der Waals surface area contributed by atoms with Gasteiger partial charge in [-0.1, -0.05) is 0 Å². The van der Waals surface area contributed by atoms with E-state index in [9.17, 15) is 4.79 Å². The fourth-order valence-corrected chi connectivity index (χ4v) is 2.63. The van der Waals surface area contributed by atoms with Gasteiger partial charge in [-0.25, -0.2) is 0 Å². The lowest BCUT2D eigenvalue weighted by atomic mass is 10.2. The molecule has 0 atom stereocenters. The summed E-state index contributed by atoms with van der Waals surface area (Å²) < 4.78 is 11.0.